The van der Waals surface area contributed by atoms with Gasteiger partial charge in [-0.1, -0.05) is 48.5 Å². The van der Waals surface area contributed by atoms with E-state index in [9.17, 15) is 14.4 Å². The van der Waals surface area contributed by atoms with Crippen LogP contribution in [0.4, 0.5) is 4.79 Å². The third kappa shape index (κ3) is 5.86. The number of ether oxygens (including phenoxy) is 1. The molecule has 0 unspecified atom stereocenters. The lowest BCUT2D eigenvalue weighted by Gasteiger charge is -2.16. The van der Waals surface area contributed by atoms with Crippen molar-refractivity contribution in [3.63, 3.8) is 0 Å². The van der Waals surface area contributed by atoms with Crippen molar-refractivity contribution in [3.8, 4) is 11.1 Å². The Hall–Kier alpha value is -3.72. The van der Waals surface area contributed by atoms with Crippen LogP contribution in [0.3, 0.4) is 0 Å². The van der Waals surface area contributed by atoms with Gasteiger partial charge in [0.15, 0.2) is 0 Å². The fraction of sp³-hybridized carbons (Fsp3) is 0.269. The zero-order valence-corrected chi connectivity index (χ0v) is 20.0. The molecule has 1 aromatic heterocycles. The third-order valence-electron chi connectivity index (χ3n) is 5.78. The number of fused-ring (bicyclic) bond motifs is 3. The Morgan fingerprint density at radius 1 is 1.03 bits per heavy atom. The number of benzene rings is 2. The Morgan fingerprint density at radius 2 is 1.69 bits per heavy atom. The zero-order valence-electron chi connectivity index (χ0n) is 19.2. The van der Waals surface area contributed by atoms with Crippen LogP contribution in [0.2, 0.25) is 0 Å². The van der Waals surface area contributed by atoms with E-state index >= 15 is 0 Å². The first-order valence-corrected chi connectivity index (χ1v) is 12.3. The highest BCUT2D eigenvalue weighted by molar-refractivity contribution is 7.99. The van der Waals surface area contributed by atoms with Gasteiger partial charge in [-0.25, -0.2) is 9.59 Å². The molecule has 0 fully saturated rings. The van der Waals surface area contributed by atoms with Crippen LogP contribution in [0.25, 0.3) is 11.1 Å². The summed E-state index contributed by atoms with van der Waals surface area (Å²) in [6.07, 6.45) is -0.483. The number of furan rings is 1. The average Bonchev–Trinajstić information content (AvgIpc) is 3.45. The van der Waals surface area contributed by atoms with E-state index in [1.807, 2.05) is 24.3 Å². The minimum absolute atomic E-state index is 0.0106. The van der Waals surface area contributed by atoms with Crippen LogP contribution in [-0.2, 0) is 16.1 Å². The molecule has 35 heavy (non-hydrogen) atoms. The lowest BCUT2D eigenvalue weighted by molar-refractivity contribution is -0.127. The molecule has 2 amide bonds. The summed E-state index contributed by atoms with van der Waals surface area (Å²) in [4.78, 5) is 36.8. The van der Waals surface area contributed by atoms with Crippen molar-refractivity contribution in [2.45, 2.75) is 12.5 Å². The van der Waals surface area contributed by atoms with E-state index in [2.05, 4.69) is 29.6 Å². The summed E-state index contributed by atoms with van der Waals surface area (Å²) in [7, 11) is 1.63. The second-order valence-corrected chi connectivity index (χ2v) is 9.23. The van der Waals surface area contributed by atoms with Crippen LogP contribution in [0.1, 0.15) is 33.4 Å². The number of amides is 2. The highest BCUT2D eigenvalue weighted by Gasteiger charge is 2.28. The molecule has 8 nitrogen and oxygen atoms in total. The first-order valence-electron chi connectivity index (χ1n) is 11.2. The highest BCUT2D eigenvalue weighted by atomic mass is 32.2. The summed E-state index contributed by atoms with van der Waals surface area (Å²) >= 11 is 1.39. The number of carbonyl (C=O) groups excluding carboxylic acids is 2. The molecule has 0 saturated carbocycles. The second-order valence-electron chi connectivity index (χ2n) is 8.13. The molecule has 2 aromatic carbocycles. The minimum atomic E-state index is -1.15. The molecule has 3 aromatic rings. The predicted octanol–water partition coefficient (Wildman–Crippen LogP) is 4.21. The van der Waals surface area contributed by atoms with Gasteiger partial charge in [0.25, 0.3) is 0 Å². The molecule has 0 aliphatic heterocycles. The second kappa shape index (κ2) is 11.1. The monoisotopic (exact) mass is 494 g/mol. The number of hydrogen-bond acceptors (Lipinski definition) is 6. The number of thioether (sulfide) groups is 1. The molecule has 2 N–H and O–H groups in total. The van der Waals surface area contributed by atoms with Crippen LogP contribution in [0, 0.1) is 0 Å². The first-order chi connectivity index (χ1) is 16.9. The Kier molecular flexibility index (Phi) is 7.77. The Bertz CT molecular complexity index is 1180. The molecule has 1 aliphatic rings. The number of alkyl carbamates (subject to hydrolysis) is 1. The van der Waals surface area contributed by atoms with Gasteiger partial charge in [-0.2, -0.15) is 11.8 Å². The molecule has 182 valence electrons. The van der Waals surface area contributed by atoms with Crippen molar-refractivity contribution in [1.29, 1.82) is 0 Å². The molecule has 4 rings (SSSR count). The Labute approximate surface area is 207 Å². The summed E-state index contributed by atoms with van der Waals surface area (Å²) in [6, 6.07) is 19.2. The molecular weight excluding hydrogens is 468 g/mol. The molecular formula is C26H26N2O6S. The lowest BCUT2D eigenvalue weighted by Crippen LogP contribution is -2.30. The summed E-state index contributed by atoms with van der Waals surface area (Å²) in [5, 5.41) is 11.6. The largest absolute Gasteiger partial charge is 0.475 e. The van der Waals surface area contributed by atoms with Crippen molar-refractivity contribution in [2.75, 3.05) is 31.7 Å². The maximum Gasteiger partial charge on any atom is 0.407 e. The fourth-order valence-corrected chi connectivity index (χ4v) is 4.83. The molecule has 0 spiro atoms. The van der Waals surface area contributed by atoms with E-state index in [-0.39, 0.29) is 36.5 Å². The maximum absolute atomic E-state index is 12.3. The smallest absolute Gasteiger partial charge is 0.407 e. The van der Waals surface area contributed by atoms with E-state index in [0.29, 0.717) is 18.1 Å². The maximum atomic E-state index is 12.3. The van der Waals surface area contributed by atoms with Crippen LogP contribution in [-0.4, -0.2) is 59.7 Å². The quantitative estimate of drug-likeness (QED) is 0.407. The SMILES string of the molecule is CN(Cc1ccc(C(=O)O)o1)C(=O)CSCCNC(=O)OCC1c2ccccc2-c2ccccc21. The molecule has 0 saturated heterocycles. The number of nitrogens with zero attached hydrogens (tertiary/aromatic N) is 1. The number of nitrogens with one attached hydrogen (secondary N) is 1. The predicted molar refractivity (Wildman–Crippen MR) is 133 cm³/mol. The Morgan fingerprint density at radius 3 is 2.31 bits per heavy atom. The van der Waals surface area contributed by atoms with Crippen LogP contribution >= 0.6 is 11.8 Å². The number of aromatic carboxylic acids is 1. The molecule has 1 heterocycles. The van der Waals surface area contributed by atoms with Gasteiger partial charge in [-0.05, 0) is 34.4 Å². The minimum Gasteiger partial charge on any atom is -0.475 e. The van der Waals surface area contributed by atoms with Crippen molar-refractivity contribution >= 4 is 29.7 Å². The highest BCUT2D eigenvalue weighted by Crippen LogP contribution is 2.44. The van der Waals surface area contributed by atoms with Crippen LogP contribution in [0.15, 0.2) is 65.1 Å². The molecule has 0 bridgehead atoms. The average molecular weight is 495 g/mol. The van der Waals surface area contributed by atoms with Gasteiger partial charge in [-0.15, -0.1) is 0 Å². The van der Waals surface area contributed by atoms with Gasteiger partial charge in [0.2, 0.25) is 11.7 Å². The van der Waals surface area contributed by atoms with Gasteiger partial charge in [0.05, 0.1) is 12.3 Å². The van der Waals surface area contributed by atoms with E-state index in [1.165, 1.54) is 33.9 Å². The molecule has 0 radical (unpaired) electrons. The van der Waals surface area contributed by atoms with Crippen molar-refractivity contribution in [1.82, 2.24) is 10.2 Å². The summed E-state index contributed by atoms with van der Waals surface area (Å²) in [6.45, 7) is 0.815. The number of carboxylic acid groups (broad SMARTS) is 1. The van der Waals surface area contributed by atoms with Gasteiger partial charge in [-0.3, -0.25) is 4.79 Å². The number of rotatable bonds is 10. The topological polar surface area (TPSA) is 109 Å². The molecule has 1 aliphatic carbocycles. The zero-order chi connectivity index (χ0) is 24.8. The molecule has 0 atom stereocenters. The number of carboxylic acids is 1. The summed E-state index contributed by atoms with van der Waals surface area (Å²) in [5.74, 6) is -0.233. The van der Waals surface area contributed by atoms with Crippen molar-refractivity contribution in [2.24, 2.45) is 0 Å². The first kappa shape index (κ1) is 24.4. The van der Waals surface area contributed by atoms with Gasteiger partial charge < -0.3 is 24.5 Å². The van der Waals surface area contributed by atoms with Crippen LogP contribution in [0.5, 0.6) is 0 Å². The standard InChI is InChI=1S/C26H26N2O6S/c1-28(14-17-10-11-23(34-17)25(30)31)24(29)16-35-13-12-27-26(32)33-15-22-20-8-4-2-6-18(20)19-7-3-5-9-21(19)22/h2-11,22H,12-16H2,1H3,(H,27,32)(H,30,31). The summed E-state index contributed by atoms with van der Waals surface area (Å²) < 4.78 is 10.7. The molecule has 9 heteroatoms. The van der Waals surface area contributed by atoms with Gasteiger partial charge in [0, 0.05) is 25.3 Å². The number of carbonyl (C=O) groups is 3. The Balaban J connectivity index is 1.15. The van der Waals surface area contributed by atoms with Gasteiger partial charge in [0.1, 0.15) is 12.4 Å². The van der Waals surface area contributed by atoms with E-state index in [1.54, 1.807) is 13.1 Å². The van der Waals surface area contributed by atoms with Crippen molar-refractivity contribution in [3.05, 3.63) is 83.3 Å². The van der Waals surface area contributed by atoms with Crippen molar-refractivity contribution < 1.29 is 28.6 Å². The lowest BCUT2D eigenvalue weighted by atomic mass is 9.98. The number of hydrogen-bond donors (Lipinski definition) is 2. The third-order valence-corrected chi connectivity index (χ3v) is 6.72. The normalized spacial score (nSPS) is 12.0. The summed E-state index contributed by atoms with van der Waals surface area (Å²) in [5.41, 5.74) is 4.68. The van der Waals surface area contributed by atoms with E-state index < -0.39 is 12.1 Å². The van der Waals surface area contributed by atoms with Gasteiger partial charge >= 0.3 is 12.1 Å². The van der Waals surface area contributed by atoms with E-state index in [0.717, 1.165) is 11.1 Å². The fourth-order valence-electron chi connectivity index (χ4n) is 4.04. The van der Waals surface area contributed by atoms with Crippen LogP contribution < -0.4 is 5.32 Å². The van der Waals surface area contributed by atoms with E-state index in [4.69, 9.17) is 14.3 Å².